The number of aliphatic hydroxyl groups is 1. The third-order valence-corrected chi connectivity index (χ3v) is 3.03. The molecule has 1 saturated heterocycles. The van der Waals surface area contributed by atoms with Crippen LogP contribution < -0.4 is 0 Å². The highest BCUT2D eigenvalue weighted by Gasteiger charge is 2.33. The molecule has 1 unspecified atom stereocenters. The zero-order valence-corrected chi connectivity index (χ0v) is 9.32. The van der Waals surface area contributed by atoms with Gasteiger partial charge in [0.2, 0.25) is 0 Å². The molecule has 1 heterocycles. The fraction of sp³-hybridized carbons (Fsp3) is 0.400. The second-order valence-electron chi connectivity index (χ2n) is 3.34. The van der Waals surface area contributed by atoms with Gasteiger partial charge in [-0.25, -0.2) is 0 Å². The third-order valence-electron chi connectivity index (χ3n) is 2.36. The fourth-order valence-corrected chi connectivity index (χ4v) is 2.10. The van der Waals surface area contributed by atoms with Gasteiger partial charge in [0.05, 0.1) is 6.61 Å². The highest BCUT2D eigenvalue weighted by Crippen LogP contribution is 2.30. The van der Waals surface area contributed by atoms with Crippen LogP contribution in [0.5, 0.6) is 0 Å². The van der Waals surface area contributed by atoms with Crippen molar-refractivity contribution in [2.45, 2.75) is 12.0 Å². The summed E-state index contributed by atoms with van der Waals surface area (Å²) in [5.41, 5.74) is 0.221. The van der Waals surface area contributed by atoms with Gasteiger partial charge in [-0.2, -0.15) is 0 Å². The van der Waals surface area contributed by atoms with Gasteiger partial charge < -0.3 is 9.84 Å². The maximum Gasteiger partial charge on any atom is 0.115 e. The van der Waals surface area contributed by atoms with Crippen molar-refractivity contribution < 1.29 is 9.84 Å². The van der Waals surface area contributed by atoms with Gasteiger partial charge in [-0.3, -0.25) is 0 Å². The molecule has 1 aromatic rings. The Bertz CT molecular complexity index is 306. The van der Waals surface area contributed by atoms with Crippen LogP contribution in [-0.4, -0.2) is 18.3 Å². The van der Waals surface area contributed by atoms with Crippen LogP contribution in [0.2, 0.25) is 0 Å². The van der Waals surface area contributed by atoms with E-state index in [0.717, 1.165) is 9.13 Å². The number of hydrogen-bond acceptors (Lipinski definition) is 2. The Morgan fingerprint density at radius 3 is 2.92 bits per heavy atom. The largest absolute Gasteiger partial charge is 0.383 e. The standard InChI is InChI=1S/C10H11IO2/c11-9-3-1-2-8(6-9)10(12)4-5-13-7-10/h1-3,6,12H,4-5,7H2. The Morgan fingerprint density at radius 1 is 1.46 bits per heavy atom. The van der Waals surface area contributed by atoms with Crippen molar-refractivity contribution in [1.82, 2.24) is 0 Å². The molecule has 1 aliphatic rings. The van der Waals surface area contributed by atoms with E-state index in [-0.39, 0.29) is 0 Å². The van der Waals surface area contributed by atoms with Crippen molar-refractivity contribution in [3.05, 3.63) is 33.4 Å². The fourth-order valence-electron chi connectivity index (χ4n) is 1.56. The van der Waals surface area contributed by atoms with Crippen molar-refractivity contribution in [2.24, 2.45) is 0 Å². The van der Waals surface area contributed by atoms with Crippen LogP contribution in [0.3, 0.4) is 0 Å². The molecule has 0 bridgehead atoms. The van der Waals surface area contributed by atoms with E-state index in [0.29, 0.717) is 19.6 Å². The molecule has 70 valence electrons. The van der Waals surface area contributed by atoms with Crippen LogP contribution >= 0.6 is 22.6 Å². The zero-order chi connectivity index (χ0) is 9.31. The average Bonchev–Trinajstić information content (AvgIpc) is 2.54. The Hall–Kier alpha value is -0.130. The number of benzene rings is 1. The van der Waals surface area contributed by atoms with E-state index < -0.39 is 5.60 Å². The predicted octanol–water partition coefficient (Wildman–Crippen LogP) is 1.90. The predicted molar refractivity (Wildman–Crippen MR) is 58.5 cm³/mol. The van der Waals surface area contributed by atoms with Gasteiger partial charge in [0.15, 0.2) is 0 Å². The van der Waals surface area contributed by atoms with E-state index in [2.05, 4.69) is 22.6 Å². The lowest BCUT2D eigenvalue weighted by Gasteiger charge is -2.20. The lowest BCUT2D eigenvalue weighted by Crippen LogP contribution is -2.25. The molecule has 1 atom stereocenters. The zero-order valence-electron chi connectivity index (χ0n) is 7.16. The summed E-state index contributed by atoms with van der Waals surface area (Å²) in [6, 6.07) is 7.95. The first-order chi connectivity index (χ1) is 6.21. The summed E-state index contributed by atoms with van der Waals surface area (Å²) in [5, 5.41) is 10.2. The molecule has 0 saturated carbocycles. The average molecular weight is 290 g/mol. The molecule has 1 fully saturated rings. The van der Waals surface area contributed by atoms with Crippen LogP contribution in [-0.2, 0) is 10.3 Å². The van der Waals surface area contributed by atoms with Crippen molar-refractivity contribution in [3.8, 4) is 0 Å². The summed E-state index contributed by atoms with van der Waals surface area (Å²) < 4.78 is 6.35. The van der Waals surface area contributed by atoms with E-state index >= 15 is 0 Å². The molecule has 1 aromatic carbocycles. The minimum Gasteiger partial charge on any atom is -0.383 e. The molecule has 3 heteroatoms. The van der Waals surface area contributed by atoms with Crippen LogP contribution in [0, 0.1) is 3.57 Å². The van der Waals surface area contributed by atoms with Crippen LogP contribution in [0.15, 0.2) is 24.3 Å². The normalized spacial score (nSPS) is 27.8. The summed E-state index contributed by atoms with van der Waals surface area (Å²) >= 11 is 2.25. The molecule has 0 radical (unpaired) electrons. The number of halogens is 1. The van der Waals surface area contributed by atoms with Gasteiger partial charge in [-0.05, 0) is 40.3 Å². The van der Waals surface area contributed by atoms with E-state index in [4.69, 9.17) is 4.74 Å². The molecule has 2 nitrogen and oxygen atoms in total. The van der Waals surface area contributed by atoms with Gasteiger partial charge >= 0.3 is 0 Å². The topological polar surface area (TPSA) is 29.5 Å². The lowest BCUT2D eigenvalue weighted by molar-refractivity contribution is 0.0231. The van der Waals surface area contributed by atoms with Crippen LogP contribution in [0.1, 0.15) is 12.0 Å². The second-order valence-corrected chi connectivity index (χ2v) is 4.59. The number of ether oxygens (including phenoxy) is 1. The smallest absolute Gasteiger partial charge is 0.115 e. The first-order valence-corrected chi connectivity index (χ1v) is 5.35. The molecule has 13 heavy (non-hydrogen) atoms. The first-order valence-electron chi connectivity index (χ1n) is 4.27. The number of rotatable bonds is 1. The van der Waals surface area contributed by atoms with Gasteiger partial charge in [-0.15, -0.1) is 0 Å². The Labute approximate surface area is 91.1 Å². The summed E-state index contributed by atoms with van der Waals surface area (Å²) in [6.45, 7) is 1.08. The third kappa shape index (κ3) is 1.87. The molecule has 0 amide bonds. The van der Waals surface area contributed by atoms with Crippen LogP contribution in [0.25, 0.3) is 0 Å². The van der Waals surface area contributed by atoms with Gasteiger partial charge in [0, 0.05) is 16.6 Å². The van der Waals surface area contributed by atoms with Crippen molar-refractivity contribution in [2.75, 3.05) is 13.2 Å². The minimum atomic E-state index is -0.749. The van der Waals surface area contributed by atoms with Crippen molar-refractivity contribution in [1.29, 1.82) is 0 Å². The van der Waals surface area contributed by atoms with Crippen molar-refractivity contribution in [3.63, 3.8) is 0 Å². The van der Waals surface area contributed by atoms with E-state index in [1.807, 2.05) is 24.3 Å². The second kappa shape index (κ2) is 3.55. The minimum absolute atomic E-state index is 0.424. The molecule has 1 N–H and O–H groups in total. The van der Waals surface area contributed by atoms with Crippen LogP contribution in [0.4, 0.5) is 0 Å². The molecule has 0 spiro atoms. The quantitative estimate of drug-likeness (QED) is 0.800. The Morgan fingerprint density at radius 2 is 2.31 bits per heavy atom. The molecular formula is C10H11IO2. The molecule has 0 aliphatic carbocycles. The molecule has 1 aliphatic heterocycles. The summed E-state index contributed by atoms with van der Waals surface area (Å²) in [5.74, 6) is 0. The summed E-state index contributed by atoms with van der Waals surface area (Å²) in [6.07, 6.45) is 0.701. The van der Waals surface area contributed by atoms with E-state index in [9.17, 15) is 5.11 Å². The molecule has 0 aromatic heterocycles. The molecule has 2 rings (SSSR count). The maximum absolute atomic E-state index is 10.2. The Balaban J connectivity index is 2.33. The first kappa shape index (κ1) is 9.43. The van der Waals surface area contributed by atoms with Crippen molar-refractivity contribution >= 4 is 22.6 Å². The number of hydrogen-bond donors (Lipinski definition) is 1. The van der Waals surface area contributed by atoms with E-state index in [1.54, 1.807) is 0 Å². The Kier molecular flexibility index (Phi) is 2.58. The van der Waals surface area contributed by atoms with Gasteiger partial charge in [-0.1, -0.05) is 12.1 Å². The molecular weight excluding hydrogens is 279 g/mol. The van der Waals surface area contributed by atoms with E-state index in [1.165, 1.54) is 0 Å². The highest BCUT2D eigenvalue weighted by molar-refractivity contribution is 14.1. The van der Waals surface area contributed by atoms with Gasteiger partial charge in [0.25, 0.3) is 0 Å². The summed E-state index contributed by atoms with van der Waals surface area (Å²) in [7, 11) is 0. The SMILES string of the molecule is OC1(c2cccc(I)c2)CCOC1. The monoisotopic (exact) mass is 290 g/mol. The summed E-state index contributed by atoms with van der Waals surface area (Å²) in [4.78, 5) is 0. The maximum atomic E-state index is 10.2. The lowest BCUT2D eigenvalue weighted by atomic mass is 9.93. The highest BCUT2D eigenvalue weighted by atomic mass is 127. The van der Waals surface area contributed by atoms with Gasteiger partial charge in [0.1, 0.15) is 5.60 Å².